The van der Waals surface area contributed by atoms with Gasteiger partial charge in [0.25, 0.3) is 0 Å². The van der Waals surface area contributed by atoms with Gasteiger partial charge in [0.1, 0.15) is 5.56 Å². The maximum absolute atomic E-state index is 13.2. The first-order valence-electron chi connectivity index (χ1n) is 7.68. The zero-order valence-electron chi connectivity index (χ0n) is 12.3. The number of alkyl halides is 3. The smallest absolute Gasteiger partial charge is 0.420 e. The zero-order chi connectivity index (χ0) is 15.8. The van der Waals surface area contributed by atoms with Crippen LogP contribution in [0.4, 0.5) is 13.2 Å². The van der Waals surface area contributed by atoms with Gasteiger partial charge < -0.3 is 15.2 Å². The predicted molar refractivity (Wildman–Crippen MR) is 76.3 cm³/mol. The Labute approximate surface area is 127 Å². The summed E-state index contributed by atoms with van der Waals surface area (Å²) in [6, 6.07) is 2.65. The van der Waals surface area contributed by atoms with Crippen LogP contribution in [0.1, 0.15) is 43.2 Å². The van der Waals surface area contributed by atoms with Crippen LogP contribution < -0.4 is 15.2 Å². The molecule has 1 fully saturated rings. The van der Waals surface area contributed by atoms with Crippen LogP contribution in [0.5, 0.6) is 11.5 Å². The van der Waals surface area contributed by atoms with Gasteiger partial charge in [-0.3, -0.25) is 0 Å². The second-order valence-corrected chi connectivity index (χ2v) is 6.06. The monoisotopic (exact) mass is 315 g/mol. The fourth-order valence-electron chi connectivity index (χ4n) is 3.53. The first-order valence-corrected chi connectivity index (χ1v) is 7.68. The highest BCUT2D eigenvalue weighted by molar-refractivity contribution is 5.56. The summed E-state index contributed by atoms with van der Waals surface area (Å²) in [6.07, 6.45) is -0.0556. The summed E-state index contributed by atoms with van der Waals surface area (Å²) in [4.78, 5) is 0. The van der Waals surface area contributed by atoms with E-state index in [1.54, 1.807) is 0 Å². The van der Waals surface area contributed by atoms with Crippen LogP contribution in [0.2, 0.25) is 0 Å². The molecule has 0 amide bonds. The normalized spacial score (nSPS) is 20.7. The fourth-order valence-corrected chi connectivity index (χ4v) is 3.53. The Kier molecular flexibility index (Phi) is 3.97. The van der Waals surface area contributed by atoms with E-state index in [9.17, 15) is 13.2 Å². The van der Waals surface area contributed by atoms with Crippen molar-refractivity contribution in [3.63, 3.8) is 0 Å². The Balaban J connectivity index is 2.16. The predicted octanol–water partition coefficient (Wildman–Crippen LogP) is 3.64. The molecular formula is C16H20F3NO2. The molecule has 1 aliphatic carbocycles. The quantitative estimate of drug-likeness (QED) is 0.906. The molecule has 1 heterocycles. The van der Waals surface area contributed by atoms with Gasteiger partial charge in [0.15, 0.2) is 11.5 Å². The molecule has 0 unspecified atom stereocenters. The second kappa shape index (κ2) is 5.65. The lowest BCUT2D eigenvalue weighted by Gasteiger charge is -2.31. The average Bonchev–Trinajstić information content (AvgIpc) is 2.83. The summed E-state index contributed by atoms with van der Waals surface area (Å²) in [5, 5.41) is 0. The summed E-state index contributed by atoms with van der Waals surface area (Å²) >= 11 is 0. The van der Waals surface area contributed by atoms with E-state index in [0.29, 0.717) is 19.6 Å². The summed E-state index contributed by atoms with van der Waals surface area (Å²) in [5.74, 6) is 0.0851. The molecule has 3 nitrogen and oxygen atoms in total. The number of ether oxygens (including phenoxy) is 2. The third-order valence-corrected chi connectivity index (χ3v) is 4.72. The molecule has 1 aliphatic heterocycles. The number of hydrogen-bond donors (Lipinski definition) is 1. The Hall–Kier alpha value is -1.43. The SMILES string of the molecule is NCC1(c2ccc(C(F)(F)F)c3c2OCCCO3)CCCC1. The van der Waals surface area contributed by atoms with Crippen LogP contribution >= 0.6 is 0 Å². The molecule has 2 aliphatic rings. The highest BCUT2D eigenvalue weighted by atomic mass is 19.4. The maximum Gasteiger partial charge on any atom is 0.420 e. The van der Waals surface area contributed by atoms with E-state index in [0.717, 1.165) is 37.3 Å². The summed E-state index contributed by atoms with van der Waals surface area (Å²) in [6.45, 7) is 1.01. The highest BCUT2D eigenvalue weighted by Gasteiger charge is 2.42. The lowest BCUT2D eigenvalue weighted by atomic mass is 9.78. The Bertz CT molecular complexity index is 551. The van der Waals surface area contributed by atoms with Gasteiger partial charge in [-0.2, -0.15) is 13.2 Å². The Morgan fingerprint density at radius 2 is 1.64 bits per heavy atom. The van der Waals surface area contributed by atoms with E-state index >= 15 is 0 Å². The molecule has 1 saturated carbocycles. The Morgan fingerprint density at radius 3 is 2.23 bits per heavy atom. The lowest BCUT2D eigenvalue weighted by Crippen LogP contribution is -2.32. The topological polar surface area (TPSA) is 44.5 Å². The number of halogens is 3. The van der Waals surface area contributed by atoms with Crippen molar-refractivity contribution in [2.45, 2.75) is 43.7 Å². The van der Waals surface area contributed by atoms with E-state index in [-0.39, 0.29) is 23.5 Å². The molecule has 0 aromatic heterocycles. The van der Waals surface area contributed by atoms with Crippen molar-refractivity contribution < 1.29 is 22.6 Å². The summed E-state index contributed by atoms with van der Waals surface area (Å²) in [5.41, 5.74) is 5.70. The van der Waals surface area contributed by atoms with Crippen LogP contribution in [0.15, 0.2) is 12.1 Å². The second-order valence-electron chi connectivity index (χ2n) is 6.06. The van der Waals surface area contributed by atoms with E-state index in [2.05, 4.69) is 0 Å². The molecule has 22 heavy (non-hydrogen) atoms. The van der Waals surface area contributed by atoms with Crippen LogP contribution in [0.25, 0.3) is 0 Å². The molecule has 1 aromatic rings. The Morgan fingerprint density at radius 1 is 1.00 bits per heavy atom. The molecule has 0 radical (unpaired) electrons. The van der Waals surface area contributed by atoms with Crippen molar-refractivity contribution >= 4 is 0 Å². The maximum atomic E-state index is 13.2. The fraction of sp³-hybridized carbons (Fsp3) is 0.625. The molecule has 0 spiro atoms. The molecule has 1 aromatic carbocycles. The lowest BCUT2D eigenvalue weighted by molar-refractivity contribution is -0.139. The molecule has 3 rings (SSSR count). The van der Waals surface area contributed by atoms with Gasteiger partial charge in [0.05, 0.1) is 13.2 Å². The number of rotatable bonds is 2. The van der Waals surface area contributed by atoms with E-state index in [1.807, 2.05) is 0 Å². The minimum absolute atomic E-state index is 0.165. The first kappa shape index (κ1) is 15.5. The van der Waals surface area contributed by atoms with Gasteiger partial charge in [-0.1, -0.05) is 18.9 Å². The van der Waals surface area contributed by atoms with Gasteiger partial charge >= 0.3 is 6.18 Å². The standard InChI is InChI=1S/C16H20F3NO2/c17-16(18,19)12-5-4-11(15(10-20)6-1-2-7-15)13-14(12)22-9-3-8-21-13/h4-5H,1-3,6-10,20H2. The molecule has 2 N–H and O–H groups in total. The molecule has 122 valence electrons. The molecule has 0 bridgehead atoms. The van der Waals surface area contributed by atoms with Crippen LogP contribution in [-0.4, -0.2) is 19.8 Å². The van der Waals surface area contributed by atoms with Crippen molar-refractivity contribution in [3.05, 3.63) is 23.3 Å². The summed E-state index contributed by atoms with van der Waals surface area (Å²) < 4.78 is 50.8. The van der Waals surface area contributed by atoms with Gasteiger partial charge in [-0.05, 0) is 18.9 Å². The largest absolute Gasteiger partial charge is 0.489 e. The van der Waals surface area contributed by atoms with Crippen molar-refractivity contribution in [1.29, 1.82) is 0 Å². The molecule has 6 heteroatoms. The third kappa shape index (κ3) is 2.53. The number of benzene rings is 1. The number of hydrogen-bond acceptors (Lipinski definition) is 3. The molecule has 0 atom stereocenters. The zero-order valence-corrected chi connectivity index (χ0v) is 12.3. The minimum Gasteiger partial charge on any atom is -0.489 e. The van der Waals surface area contributed by atoms with Crippen molar-refractivity contribution in [2.24, 2.45) is 5.73 Å². The van der Waals surface area contributed by atoms with Gasteiger partial charge in [-0.25, -0.2) is 0 Å². The minimum atomic E-state index is -4.46. The van der Waals surface area contributed by atoms with Crippen LogP contribution in [0, 0.1) is 0 Å². The van der Waals surface area contributed by atoms with Crippen LogP contribution in [0.3, 0.4) is 0 Å². The van der Waals surface area contributed by atoms with E-state index < -0.39 is 11.7 Å². The van der Waals surface area contributed by atoms with Crippen LogP contribution in [-0.2, 0) is 11.6 Å². The highest BCUT2D eigenvalue weighted by Crippen LogP contribution is 2.51. The van der Waals surface area contributed by atoms with Crippen molar-refractivity contribution in [1.82, 2.24) is 0 Å². The van der Waals surface area contributed by atoms with E-state index in [4.69, 9.17) is 15.2 Å². The first-order chi connectivity index (χ1) is 10.5. The number of nitrogens with two attached hydrogens (primary N) is 1. The molecule has 0 saturated heterocycles. The van der Waals surface area contributed by atoms with Gasteiger partial charge in [-0.15, -0.1) is 0 Å². The summed E-state index contributed by atoms with van der Waals surface area (Å²) in [7, 11) is 0. The average molecular weight is 315 g/mol. The van der Waals surface area contributed by atoms with E-state index in [1.165, 1.54) is 6.07 Å². The van der Waals surface area contributed by atoms with Crippen molar-refractivity contribution in [2.75, 3.05) is 19.8 Å². The molecular weight excluding hydrogens is 295 g/mol. The van der Waals surface area contributed by atoms with Gasteiger partial charge in [0.2, 0.25) is 0 Å². The third-order valence-electron chi connectivity index (χ3n) is 4.72. The van der Waals surface area contributed by atoms with Crippen molar-refractivity contribution in [3.8, 4) is 11.5 Å². The number of fused-ring (bicyclic) bond motifs is 1. The van der Waals surface area contributed by atoms with Gasteiger partial charge in [0, 0.05) is 23.9 Å².